The van der Waals surface area contributed by atoms with Crippen LogP contribution in [0.5, 0.6) is 0 Å². The lowest BCUT2D eigenvalue weighted by Gasteiger charge is -2.27. The molecule has 1 aromatic rings. The normalized spacial score (nSPS) is 21.3. The fraction of sp³-hybridized carbons (Fsp3) is 0.500. The van der Waals surface area contributed by atoms with Crippen LogP contribution in [-0.2, 0) is 19.1 Å². The third kappa shape index (κ3) is 4.46. The summed E-state index contributed by atoms with van der Waals surface area (Å²) in [6.07, 6.45) is 0.162. The summed E-state index contributed by atoms with van der Waals surface area (Å²) in [7, 11) is 0. The molecule has 1 aromatic carbocycles. The first-order valence-electron chi connectivity index (χ1n) is 8.82. The van der Waals surface area contributed by atoms with Gasteiger partial charge in [0.25, 0.3) is 5.91 Å². The first-order valence-corrected chi connectivity index (χ1v) is 8.82. The van der Waals surface area contributed by atoms with Gasteiger partial charge in [-0.1, -0.05) is 0 Å². The number of benzene rings is 1. The minimum Gasteiger partial charge on any atom is -0.379 e. The maximum absolute atomic E-state index is 12.6. The molecule has 8 heteroatoms. The zero-order valence-corrected chi connectivity index (χ0v) is 14.9. The Morgan fingerprint density at radius 1 is 1.19 bits per heavy atom. The molecule has 1 atom stereocenters. The van der Waals surface area contributed by atoms with Gasteiger partial charge in [-0.05, 0) is 24.3 Å². The Labute approximate surface area is 152 Å². The first kappa shape index (κ1) is 18.5. The Morgan fingerprint density at radius 3 is 2.54 bits per heavy atom. The van der Waals surface area contributed by atoms with Crippen LogP contribution >= 0.6 is 0 Å². The number of imide groups is 1. The predicted octanol–water partition coefficient (Wildman–Crippen LogP) is 0.199. The van der Waals surface area contributed by atoms with E-state index < -0.39 is 6.04 Å². The van der Waals surface area contributed by atoms with Crippen LogP contribution in [0.2, 0.25) is 0 Å². The van der Waals surface area contributed by atoms with Crippen molar-refractivity contribution in [2.45, 2.75) is 19.4 Å². The summed E-state index contributed by atoms with van der Waals surface area (Å²) in [5.41, 5.74) is 1.15. The number of hydrogen-bond acceptors (Lipinski definition) is 6. The summed E-state index contributed by atoms with van der Waals surface area (Å²) < 4.78 is 5.31. The Balaban J connectivity index is 1.55. The lowest BCUT2D eigenvalue weighted by atomic mass is 10.2. The van der Waals surface area contributed by atoms with Crippen LogP contribution in [0, 0.1) is 0 Å². The molecule has 2 N–H and O–H groups in total. The topological polar surface area (TPSA) is 91.0 Å². The van der Waals surface area contributed by atoms with Gasteiger partial charge in [-0.15, -0.1) is 0 Å². The summed E-state index contributed by atoms with van der Waals surface area (Å²) in [6.45, 7) is 6.17. The molecule has 1 unspecified atom stereocenters. The molecule has 8 nitrogen and oxygen atoms in total. The van der Waals surface area contributed by atoms with Crippen LogP contribution in [0.1, 0.15) is 13.3 Å². The number of nitrogens with one attached hydrogen (secondary N) is 2. The molecular weight excluding hydrogens is 336 g/mol. The lowest BCUT2D eigenvalue weighted by Crippen LogP contribution is -2.44. The maximum Gasteiger partial charge on any atom is 0.251 e. The molecule has 0 radical (unpaired) electrons. The van der Waals surface area contributed by atoms with Crippen molar-refractivity contribution in [3.05, 3.63) is 24.3 Å². The molecule has 0 saturated carbocycles. The molecule has 2 saturated heterocycles. The second kappa shape index (κ2) is 8.39. The predicted molar refractivity (Wildman–Crippen MR) is 96.9 cm³/mol. The molecule has 26 heavy (non-hydrogen) atoms. The Hall–Kier alpha value is -2.29. The number of amides is 3. The fourth-order valence-corrected chi connectivity index (χ4v) is 3.18. The Morgan fingerprint density at radius 2 is 1.88 bits per heavy atom. The van der Waals surface area contributed by atoms with E-state index in [9.17, 15) is 14.4 Å². The summed E-state index contributed by atoms with van der Waals surface area (Å²) in [6, 6.07) is 6.19. The van der Waals surface area contributed by atoms with Gasteiger partial charge < -0.3 is 15.4 Å². The Kier molecular flexibility index (Phi) is 5.97. The highest BCUT2D eigenvalue weighted by Gasteiger charge is 2.39. The van der Waals surface area contributed by atoms with Crippen LogP contribution in [0.15, 0.2) is 24.3 Å². The van der Waals surface area contributed by atoms with E-state index in [2.05, 4.69) is 15.5 Å². The number of carbonyl (C=O) groups is 3. The van der Waals surface area contributed by atoms with E-state index in [4.69, 9.17) is 4.74 Å². The van der Waals surface area contributed by atoms with E-state index in [1.54, 1.807) is 24.3 Å². The zero-order chi connectivity index (χ0) is 18.5. The molecule has 0 aliphatic carbocycles. The van der Waals surface area contributed by atoms with Crippen molar-refractivity contribution in [2.75, 3.05) is 49.6 Å². The molecule has 3 amide bonds. The van der Waals surface area contributed by atoms with Crippen LogP contribution in [0.4, 0.5) is 11.4 Å². The van der Waals surface area contributed by atoms with E-state index in [1.807, 2.05) is 0 Å². The minimum absolute atomic E-state index is 0.162. The molecule has 2 fully saturated rings. The standard InChI is InChI=1S/C18H24N4O4/c1-13(23)20-14-2-4-15(5-3-14)22-17(24)12-16(18(22)25)19-6-7-21-8-10-26-11-9-21/h2-5,16,19H,6-12H2,1H3,(H,20,23). The second-order valence-electron chi connectivity index (χ2n) is 6.46. The zero-order valence-electron chi connectivity index (χ0n) is 14.9. The van der Waals surface area contributed by atoms with Crippen molar-refractivity contribution in [3.8, 4) is 0 Å². The van der Waals surface area contributed by atoms with Crippen LogP contribution in [-0.4, -0.2) is 68.1 Å². The number of rotatable bonds is 6. The number of anilines is 2. The quantitative estimate of drug-likeness (QED) is 0.705. The smallest absolute Gasteiger partial charge is 0.251 e. The molecule has 0 spiro atoms. The van der Waals surface area contributed by atoms with Gasteiger partial charge in [0.2, 0.25) is 11.8 Å². The van der Waals surface area contributed by atoms with Gasteiger partial charge in [-0.3, -0.25) is 19.3 Å². The maximum atomic E-state index is 12.6. The summed E-state index contributed by atoms with van der Waals surface area (Å²) in [4.78, 5) is 39.4. The third-order valence-electron chi connectivity index (χ3n) is 4.51. The van der Waals surface area contributed by atoms with Crippen molar-refractivity contribution in [1.29, 1.82) is 0 Å². The van der Waals surface area contributed by atoms with Gasteiger partial charge in [0.05, 0.1) is 31.4 Å². The molecule has 0 bridgehead atoms. The summed E-state index contributed by atoms with van der Waals surface area (Å²) in [5.74, 6) is -0.619. The van der Waals surface area contributed by atoms with E-state index >= 15 is 0 Å². The number of hydrogen-bond donors (Lipinski definition) is 2. The van der Waals surface area contributed by atoms with Crippen molar-refractivity contribution in [2.24, 2.45) is 0 Å². The highest BCUT2D eigenvalue weighted by molar-refractivity contribution is 6.22. The van der Waals surface area contributed by atoms with Crippen LogP contribution < -0.4 is 15.5 Å². The molecule has 0 aromatic heterocycles. The van der Waals surface area contributed by atoms with Gasteiger partial charge >= 0.3 is 0 Å². The number of ether oxygens (including phenoxy) is 1. The van der Waals surface area contributed by atoms with Crippen molar-refractivity contribution < 1.29 is 19.1 Å². The summed E-state index contributed by atoms with van der Waals surface area (Å²) in [5, 5.41) is 5.85. The highest BCUT2D eigenvalue weighted by atomic mass is 16.5. The summed E-state index contributed by atoms with van der Waals surface area (Å²) >= 11 is 0. The molecule has 140 valence electrons. The second-order valence-corrected chi connectivity index (χ2v) is 6.46. The van der Waals surface area contributed by atoms with Gasteiger partial charge in [0, 0.05) is 38.8 Å². The monoisotopic (exact) mass is 360 g/mol. The minimum atomic E-state index is -0.487. The van der Waals surface area contributed by atoms with E-state index in [0.29, 0.717) is 17.9 Å². The number of morpholine rings is 1. The Bertz CT molecular complexity index is 670. The molecule has 3 rings (SSSR count). The van der Waals surface area contributed by atoms with Gasteiger partial charge in [-0.2, -0.15) is 0 Å². The van der Waals surface area contributed by atoms with E-state index in [1.165, 1.54) is 11.8 Å². The first-order chi connectivity index (χ1) is 12.5. The molecule has 2 heterocycles. The van der Waals surface area contributed by atoms with Gasteiger partial charge in [0.1, 0.15) is 0 Å². The molecule has 2 aliphatic heterocycles. The van der Waals surface area contributed by atoms with Crippen LogP contribution in [0.3, 0.4) is 0 Å². The SMILES string of the molecule is CC(=O)Nc1ccc(N2C(=O)CC(NCCN3CCOCC3)C2=O)cc1. The van der Waals surface area contributed by atoms with E-state index in [0.717, 1.165) is 32.8 Å². The number of carbonyl (C=O) groups excluding carboxylic acids is 3. The fourth-order valence-electron chi connectivity index (χ4n) is 3.18. The average Bonchev–Trinajstić information content (AvgIpc) is 2.90. The third-order valence-corrected chi connectivity index (χ3v) is 4.51. The van der Waals surface area contributed by atoms with Crippen molar-refractivity contribution >= 4 is 29.1 Å². The van der Waals surface area contributed by atoms with Crippen LogP contribution in [0.25, 0.3) is 0 Å². The largest absolute Gasteiger partial charge is 0.379 e. The lowest BCUT2D eigenvalue weighted by molar-refractivity contribution is -0.121. The van der Waals surface area contributed by atoms with Crippen molar-refractivity contribution in [3.63, 3.8) is 0 Å². The van der Waals surface area contributed by atoms with E-state index in [-0.39, 0.29) is 24.1 Å². The van der Waals surface area contributed by atoms with Crippen molar-refractivity contribution in [1.82, 2.24) is 10.2 Å². The molecular formula is C18H24N4O4. The highest BCUT2D eigenvalue weighted by Crippen LogP contribution is 2.24. The molecule has 2 aliphatic rings. The van der Waals surface area contributed by atoms with Gasteiger partial charge in [-0.25, -0.2) is 4.90 Å². The average molecular weight is 360 g/mol. The van der Waals surface area contributed by atoms with Gasteiger partial charge in [0.15, 0.2) is 0 Å². The number of nitrogens with zero attached hydrogens (tertiary/aromatic N) is 2.